The molecule has 2 aromatic rings. The first-order valence-electron chi connectivity index (χ1n) is 8.95. The Bertz CT molecular complexity index is 681. The highest BCUT2D eigenvalue weighted by Crippen LogP contribution is 2.14. The van der Waals surface area contributed by atoms with Crippen molar-refractivity contribution in [3.63, 3.8) is 0 Å². The standard InChI is InChI=1S/C20H28N4O/c1-5-12-24(13-6-2)20-21-16(3)14-18(22-20)19(25)23(4)15-17-10-8-7-9-11-17/h7-11,14H,5-6,12-13,15H2,1-4H3. The Labute approximate surface area is 150 Å². The predicted molar refractivity (Wildman–Crippen MR) is 102 cm³/mol. The lowest BCUT2D eigenvalue weighted by Gasteiger charge is -2.23. The number of carbonyl (C=O) groups is 1. The third kappa shape index (κ3) is 5.28. The molecule has 1 amide bonds. The second-order valence-electron chi connectivity index (χ2n) is 6.33. The summed E-state index contributed by atoms with van der Waals surface area (Å²) in [5.74, 6) is 0.573. The molecule has 5 nitrogen and oxygen atoms in total. The summed E-state index contributed by atoms with van der Waals surface area (Å²) in [6.07, 6.45) is 2.04. The van der Waals surface area contributed by atoms with Crippen molar-refractivity contribution in [2.24, 2.45) is 0 Å². The monoisotopic (exact) mass is 340 g/mol. The zero-order valence-electron chi connectivity index (χ0n) is 15.7. The average Bonchev–Trinajstić information content (AvgIpc) is 2.61. The molecule has 25 heavy (non-hydrogen) atoms. The Morgan fingerprint density at radius 3 is 2.28 bits per heavy atom. The van der Waals surface area contributed by atoms with Crippen LogP contribution in [-0.4, -0.2) is 40.9 Å². The van der Waals surface area contributed by atoms with Crippen molar-refractivity contribution in [2.45, 2.75) is 40.2 Å². The quantitative estimate of drug-likeness (QED) is 0.735. The molecule has 0 aliphatic heterocycles. The average molecular weight is 340 g/mol. The SMILES string of the molecule is CCCN(CCC)c1nc(C)cc(C(=O)N(C)Cc2ccccc2)n1. The molecule has 0 aliphatic rings. The summed E-state index contributed by atoms with van der Waals surface area (Å²) in [5.41, 5.74) is 2.37. The molecule has 2 rings (SSSR count). The van der Waals surface area contributed by atoms with Gasteiger partial charge in [0.15, 0.2) is 0 Å². The molecule has 0 saturated carbocycles. The lowest BCUT2D eigenvalue weighted by Crippen LogP contribution is -2.30. The highest BCUT2D eigenvalue weighted by molar-refractivity contribution is 5.92. The van der Waals surface area contributed by atoms with Gasteiger partial charge in [-0.3, -0.25) is 4.79 Å². The Hall–Kier alpha value is -2.43. The molecule has 0 aliphatic carbocycles. The van der Waals surface area contributed by atoms with Crippen molar-refractivity contribution >= 4 is 11.9 Å². The van der Waals surface area contributed by atoms with Gasteiger partial charge >= 0.3 is 0 Å². The van der Waals surface area contributed by atoms with Crippen LogP contribution in [0.3, 0.4) is 0 Å². The molecule has 0 fully saturated rings. The maximum atomic E-state index is 12.8. The largest absolute Gasteiger partial charge is 0.341 e. The van der Waals surface area contributed by atoms with E-state index < -0.39 is 0 Å². The third-order valence-electron chi connectivity index (χ3n) is 3.94. The zero-order valence-corrected chi connectivity index (χ0v) is 15.7. The summed E-state index contributed by atoms with van der Waals surface area (Å²) in [6.45, 7) is 8.53. The van der Waals surface area contributed by atoms with Gasteiger partial charge in [0.05, 0.1) is 0 Å². The van der Waals surface area contributed by atoms with Gasteiger partial charge in [0.2, 0.25) is 5.95 Å². The van der Waals surface area contributed by atoms with E-state index in [1.807, 2.05) is 44.3 Å². The van der Waals surface area contributed by atoms with Crippen molar-refractivity contribution < 1.29 is 4.79 Å². The van der Waals surface area contributed by atoms with Crippen LogP contribution in [0.4, 0.5) is 5.95 Å². The van der Waals surface area contributed by atoms with Gasteiger partial charge in [-0.2, -0.15) is 0 Å². The molecule has 0 saturated heterocycles. The first kappa shape index (κ1) is 18.9. The van der Waals surface area contributed by atoms with E-state index in [1.165, 1.54) is 0 Å². The minimum atomic E-state index is -0.0800. The van der Waals surface area contributed by atoms with Crippen LogP contribution in [0.25, 0.3) is 0 Å². The van der Waals surface area contributed by atoms with E-state index in [2.05, 4.69) is 28.7 Å². The number of hydrogen-bond acceptors (Lipinski definition) is 4. The smallest absolute Gasteiger partial charge is 0.272 e. The number of nitrogens with zero attached hydrogens (tertiary/aromatic N) is 4. The second kappa shape index (κ2) is 9.16. The summed E-state index contributed by atoms with van der Waals surface area (Å²) in [7, 11) is 1.81. The fourth-order valence-corrected chi connectivity index (χ4v) is 2.78. The van der Waals surface area contributed by atoms with Gasteiger partial charge in [-0.1, -0.05) is 44.2 Å². The van der Waals surface area contributed by atoms with Crippen LogP contribution in [0.15, 0.2) is 36.4 Å². The second-order valence-corrected chi connectivity index (χ2v) is 6.33. The van der Waals surface area contributed by atoms with E-state index in [1.54, 1.807) is 11.0 Å². The molecule has 0 unspecified atom stereocenters. The molecule has 5 heteroatoms. The van der Waals surface area contributed by atoms with Crippen LogP contribution in [0.1, 0.15) is 48.4 Å². The van der Waals surface area contributed by atoms with Crippen molar-refractivity contribution in [2.75, 3.05) is 25.0 Å². The van der Waals surface area contributed by atoms with Crippen molar-refractivity contribution in [1.82, 2.24) is 14.9 Å². The van der Waals surface area contributed by atoms with Gasteiger partial charge < -0.3 is 9.80 Å². The number of hydrogen-bond donors (Lipinski definition) is 0. The molecule has 0 radical (unpaired) electrons. The highest BCUT2D eigenvalue weighted by Gasteiger charge is 2.17. The Kier molecular flexibility index (Phi) is 6.92. The summed E-state index contributed by atoms with van der Waals surface area (Å²) >= 11 is 0. The van der Waals surface area contributed by atoms with E-state index in [0.29, 0.717) is 18.2 Å². The third-order valence-corrected chi connectivity index (χ3v) is 3.94. The number of carbonyl (C=O) groups excluding carboxylic acids is 1. The minimum Gasteiger partial charge on any atom is -0.341 e. The van der Waals surface area contributed by atoms with E-state index in [9.17, 15) is 4.79 Å². The van der Waals surface area contributed by atoms with E-state index >= 15 is 0 Å². The predicted octanol–water partition coefficient (Wildman–Crippen LogP) is 3.68. The van der Waals surface area contributed by atoms with E-state index in [-0.39, 0.29) is 5.91 Å². The summed E-state index contributed by atoms with van der Waals surface area (Å²) in [6, 6.07) is 11.7. The van der Waals surface area contributed by atoms with Crippen LogP contribution in [-0.2, 0) is 6.54 Å². The summed E-state index contributed by atoms with van der Waals surface area (Å²) in [4.78, 5) is 25.8. The van der Waals surface area contributed by atoms with Crippen molar-refractivity contribution in [1.29, 1.82) is 0 Å². The molecule has 1 aromatic carbocycles. The minimum absolute atomic E-state index is 0.0800. The molecular weight excluding hydrogens is 312 g/mol. The van der Waals surface area contributed by atoms with E-state index in [0.717, 1.165) is 37.2 Å². The fourth-order valence-electron chi connectivity index (χ4n) is 2.78. The molecule has 1 aromatic heterocycles. The molecule has 0 N–H and O–H groups in total. The van der Waals surface area contributed by atoms with Gasteiger partial charge in [-0.05, 0) is 31.4 Å². The van der Waals surface area contributed by atoms with Crippen LogP contribution in [0, 0.1) is 6.92 Å². The molecular formula is C20H28N4O. The number of rotatable bonds is 8. The van der Waals surface area contributed by atoms with Crippen molar-refractivity contribution in [3.8, 4) is 0 Å². The number of anilines is 1. The van der Waals surface area contributed by atoms with Crippen LogP contribution in [0.5, 0.6) is 0 Å². The molecule has 134 valence electrons. The lowest BCUT2D eigenvalue weighted by molar-refractivity contribution is 0.0779. The Morgan fingerprint density at radius 2 is 1.68 bits per heavy atom. The van der Waals surface area contributed by atoms with Crippen LogP contribution < -0.4 is 4.90 Å². The summed E-state index contributed by atoms with van der Waals surface area (Å²) < 4.78 is 0. The van der Waals surface area contributed by atoms with Gasteiger partial charge in [0.1, 0.15) is 5.69 Å². The Morgan fingerprint density at radius 1 is 1.04 bits per heavy atom. The number of benzene rings is 1. The molecule has 0 spiro atoms. The maximum Gasteiger partial charge on any atom is 0.272 e. The normalized spacial score (nSPS) is 10.6. The molecule has 0 atom stereocenters. The molecule has 1 heterocycles. The number of amides is 1. The van der Waals surface area contributed by atoms with Crippen LogP contribution in [0.2, 0.25) is 0 Å². The fraction of sp³-hybridized carbons (Fsp3) is 0.450. The summed E-state index contributed by atoms with van der Waals surface area (Å²) in [5, 5.41) is 0. The first-order chi connectivity index (χ1) is 12.0. The van der Waals surface area contributed by atoms with Gasteiger partial charge in [0, 0.05) is 32.4 Å². The van der Waals surface area contributed by atoms with Crippen molar-refractivity contribution in [3.05, 3.63) is 53.3 Å². The molecule has 0 bridgehead atoms. The first-order valence-corrected chi connectivity index (χ1v) is 8.95. The maximum absolute atomic E-state index is 12.8. The highest BCUT2D eigenvalue weighted by atomic mass is 16.2. The zero-order chi connectivity index (χ0) is 18.2. The lowest BCUT2D eigenvalue weighted by atomic mass is 10.2. The Balaban J connectivity index is 2.21. The number of aromatic nitrogens is 2. The van der Waals surface area contributed by atoms with E-state index in [4.69, 9.17) is 0 Å². The van der Waals surface area contributed by atoms with Crippen LogP contribution >= 0.6 is 0 Å². The topological polar surface area (TPSA) is 49.3 Å². The number of aryl methyl sites for hydroxylation is 1. The van der Waals surface area contributed by atoms with Gasteiger partial charge in [-0.15, -0.1) is 0 Å². The van der Waals surface area contributed by atoms with Gasteiger partial charge in [0.25, 0.3) is 5.91 Å². The van der Waals surface area contributed by atoms with Gasteiger partial charge in [-0.25, -0.2) is 9.97 Å².